The fraction of sp³-hybridized carbons (Fsp3) is 0.385. The summed E-state index contributed by atoms with van der Waals surface area (Å²) in [5.41, 5.74) is 6.94. The molecule has 0 radical (unpaired) electrons. The highest BCUT2D eigenvalue weighted by molar-refractivity contribution is 6.42. The van der Waals surface area contributed by atoms with Crippen LogP contribution in [0, 0.1) is 0 Å². The summed E-state index contributed by atoms with van der Waals surface area (Å²) in [5.74, 6) is -1.27. The summed E-state index contributed by atoms with van der Waals surface area (Å²) in [7, 11) is 3.05. The molecular weight excluding hydrogens is 588 g/mol. The van der Waals surface area contributed by atoms with Gasteiger partial charge in [-0.2, -0.15) is 0 Å². The fourth-order valence-corrected chi connectivity index (χ4v) is 5.29. The first kappa shape index (κ1) is 30.8. The van der Waals surface area contributed by atoms with Crippen molar-refractivity contribution >= 4 is 70.0 Å². The molecule has 1 aliphatic heterocycles. The van der Waals surface area contributed by atoms with Gasteiger partial charge in [-0.05, 0) is 48.7 Å². The van der Waals surface area contributed by atoms with E-state index in [0.717, 1.165) is 5.56 Å². The van der Waals surface area contributed by atoms with Crippen LogP contribution < -0.4 is 5.73 Å². The Kier molecular flexibility index (Phi) is 11.1. The van der Waals surface area contributed by atoms with E-state index in [1.165, 1.54) is 29.0 Å². The van der Waals surface area contributed by atoms with Gasteiger partial charge in [-0.1, -0.05) is 57.6 Å². The zero-order chi connectivity index (χ0) is 28.7. The first-order valence-corrected chi connectivity index (χ1v) is 13.6. The molecule has 4 amide bonds. The molecule has 0 spiro atoms. The number of nitrogens with two attached hydrogens (primary N) is 1. The van der Waals surface area contributed by atoms with Crippen LogP contribution >= 0.6 is 46.4 Å². The second-order valence-corrected chi connectivity index (χ2v) is 10.8. The first-order chi connectivity index (χ1) is 18.5. The van der Waals surface area contributed by atoms with E-state index in [1.807, 2.05) is 6.07 Å². The van der Waals surface area contributed by atoms with E-state index in [1.54, 1.807) is 30.1 Å². The minimum atomic E-state index is -0.568. The summed E-state index contributed by atoms with van der Waals surface area (Å²) in [6.45, 7) is 1.31. The minimum absolute atomic E-state index is 0.101. The quantitative estimate of drug-likeness (QED) is 0.278. The number of hydrogen-bond donors (Lipinski definition) is 1. The van der Waals surface area contributed by atoms with E-state index < -0.39 is 11.8 Å². The third kappa shape index (κ3) is 8.38. The van der Waals surface area contributed by atoms with Gasteiger partial charge < -0.3 is 25.3 Å². The molecule has 2 N–H and O–H groups in total. The molecule has 0 aromatic heterocycles. The standard InChI is InChI=1S/C26H29Cl4N5O4/c1-33(25(37)17-10-18(27)13-19(28)11-17)14-23(32-39-2)20(16-4-5-21(29)22(30)12-16)6-9-34-7-3-8-35(26(34)38)15-24(31)36/h4-5,10-13,20H,3,6-9,14-15H2,1-2H3,(H2,31,36)/b32-23-. The predicted molar refractivity (Wildman–Crippen MR) is 154 cm³/mol. The highest BCUT2D eigenvalue weighted by atomic mass is 35.5. The SMILES string of the molecule is CO/N=C(/CN(C)C(=O)c1cc(Cl)cc(Cl)c1)C(CCN1CCCN(CC(N)=O)C1=O)c1ccc(Cl)c(Cl)c1. The van der Waals surface area contributed by atoms with Crippen LogP contribution in [0.5, 0.6) is 0 Å². The molecule has 0 saturated carbocycles. The molecule has 13 heteroatoms. The maximum Gasteiger partial charge on any atom is 0.320 e. The lowest BCUT2D eigenvalue weighted by Gasteiger charge is -2.36. The van der Waals surface area contributed by atoms with Crippen LogP contribution in [0.1, 0.15) is 34.7 Å². The van der Waals surface area contributed by atoms with Crippen molar-refractivity contribution in [3.05, 3.63) is 67.6 Å². The van der Waals surface area contributed by atoms with Crippen molar-refractivity contribution < 1.29 is 19.2 Å². The van der Waals surface area contributed by atoms with E-state index >= 15 is 0 Å². The number of hydrogen-bond acceptors (Lipinski definition) is 5. The lowest BCUT2D eigenvalue weighted by atomic mass is 9.90. The maximum atomic E-state index is 13.2. The summed E-state index contributed by atoms with van der Waals surface area (Å²) in [6, 6.07) is 9.59. The van der Waals surface area contributed by atoms with Crippen molar-refractivity contribution in [1.29, 1.82) is 0 Å². The van der Waals surface area contributed by atoms with Crippen LogP contribution in [0.4, 0.5) is 4.79 Å². The Morgan fingerprint density at radius 3 is 2.33 bits per heavy atom. The smallest absolute Gasteiger partial charge is 0.320 e. The van der Waals surface area contributed by atoms with E-state index in [4.69, 9.17) is 57.0 Å². The molecule has 1 saturated heterocycles. The molecular formula is C26H29Cl4N5O4. The lowest BCUT2D eigenvalue weighted by Crippen LogP contribution is -2.52. The maximum absolute atomic E-state index is 13.2. The van der Waals surface area contributed by atoms with E-state index in [9.17, 15) is 14.4 Å². The molecule has 1 aliphatic rings. The molecule has 9 nitrogen and oxygen atoms in total. The Labute approximate surface area is 247 Å². The van der Waals surface area contributed by atoms with Crippen molar-refractivity contribution in [3.8, 4) is 0 Å². The third-order valence-corrected chi connectivity index (χ3v) is 7.42. The summed E-state index contributed by atoms with van der Waals surface area (Å²) in [6.07, 6.45) is 1.14. The molecule has 2 aromatic rings. The topological polar surface area (TPSA) is 109 Å². The van der Waals surface area contributed by atoms with Gasteiger partial charge >= 0.3 is 6.03 Å². The number of carbonyl (C=O) groups excluding carboxylic acids is 3. The van der Waals surface area contributed by atoms with Gasteiger partial charge in [-0.15, -0.1) is 0 Å². The highest BCUT2D eigenvalue weighted by Crippen LogP contribution is 2.30. The van der Waals surface area contributed by atoms with Gasteiger partial charge in [0.05, 0.1) is 22.3 Å². The summed E-state index contributed by atoms with van der Waals surface area (Å²) in [4.78, 5) is 47.3. The molecule has 0 aliphatic carbocycles. The molecule has 2 aromatic carbocycles. The number of primary amides is 1. The average molecular weight is 617 g/mol. The monoisotopic (exact) mass is 615 g/mol. The zero-order valence-corrected chi connectivity index (χ0v) is 24.5. The highest BCUT2D eigenvalue weighted by Gasteiger charge is 2.29. The van der Waals surface area contributed by atoms with Gasteiger partial charge in [0.1, 0.15) is 13.7 Å². The second kappa shape index (κ2) is 14.1. The Hall–Kier alpha value is -2.72. The van der Waals surface area contributed by atoms with Gasteiger partial charge in [0.25, 0.3) is 5.91 Å². The van der Waals surface area contributed by atoms with Gasteiger partial charge in [0.2, 0.25) is 5.91 Å². The molecule has 1 fully saturated rings. The zero-order valence-electron chi connectivity index (χ0n) is 21.5. The summed E-state index contributed by atoms with van der Waals surface area (Å²) < 4.78 is 0. The number of benzene rings is 2. The first-order valence-electron chi connectivity index (χ1n) is 12.1. The number of nitrogens with zero attached hydrogens (tertiary/aromatic N) is 4. The molecule has 1 unspecified atom stereocenters. The van der Waals surface area contributed by atoms with E-state index in [0.29, 0.717) is 63.8 Å². The van der Waals surface area contributed by atoms with Crippen molar-refractivity contribution in [2.24, 2.45) is 10.9 Å². The normalized spacial score (nSPS) is 14.8. The Balaban J connectivity index is 1.87. The average Bonchev–Trinajstić information content (AvgIpc) is 2.87. The van der Waals surface area contributed by atoms with Crippen molar-refractivity contribution in [1.82, 2.24) is 14.7 Å². The van der Waals surface area contributed by atoms with Crippen LogP contribution in [0.25, 0.3) is 0 Å². The number of oxime groups is 1. The van der Waals surface area contributed by atoms with Gasteiger partial charge in [0, 0.05) is 48.2 Å². The summed E-state index contributed by atoms with van der Waals surface area (Å²) >= 11 is 24.7. The van der Waals surface area contributed by atoms with Crippen molar-refractivity contribution in [2.75, 3.05) is 46.9 Å². The van der Waals surface area contributed by atoms with Gasteiger partial charge in [0.15, 0.2) is 0 Å². The molecule has 1 atom stereocenters. The van der Waals surface area contributed by atoms with Crippen LogP contribution in [0.15, 0.2) is 41.6 Å². The Morgan fingerprint density at radius 1 is 1.05 bits per heavy atom. The Bertz CT molecular complexity index is 1240. The van der Waals surface area contributed by atoms with Gasteiger partial charge in [-0.3, -0.25) is 9.59 Å². The van der Waals surface area contributed by atoms with Crippen LogP contribution in [0.2, 0.25) is 20.1 Å². The van der Waals surface area contributed by atoms with Crippen molar-refractivity contribution in [3.63, 3.8) is 0 Å². The number of carbonyl (C=O) groups is 3. The number of urea groups is 1. The molecule has 39 heavy (non-hydrogen) atoms. The van der Waals surface area contributed by atoms with Crippen LogP contribution in [-0.4, -0.2) is 85.1 Å². The predicted octanol–water partition coefficient (Wildman–Crippen LogP) is 5.16. The number of rotatable bonds is 11. The Morgan fingerprint density at radius 2 is 1.72 bits per heavy atom. The van der Waals surface area contributed by atoms with Crippen molar-refractivity contribution in [2.45, 2.75) is 18.8 Å². The molecule has 3 rings (SSSR count). The van der Waals surface area contributed by atoms with E-state index in [-0.39, 0.29) is 25.0 Å². The fourth-order valence-electron chi connectivity index (χ4n) is 4.46. The lowest BCUT2D eigenvalue weighted by molar-refractivity contribution is -0.118. The van der Waals surface area contributed by atoms with Crippen LogP contribution in [0.3, 0.4) is 0 Å². The van der Waals surface area contributed by atoms with Gasteiger partial charge in [-0.25, -0.2) is 4.79 Å². The second-order valence-electron chi connectivity index (χ2n) is 9.11. The minimum Gasteiger partial charge on any atom is -0.399 e. The number of amides is 4. The largest absolute Gasteiger partial charge is 0.399 e. The van der Waals surface area contributed by atoms with E-state index in [2.05, 4.69) is 5.16 Å². The molecule has 0 bridgehead atoms. The molecule has 210 valence electrons. The summed E-state index contributed by atoms with van der Waals surface area (Å²) in [5, 5.41) is 5.70. The molecule has 1 heterocycles. The van der Waals surface area contributed by atoms with Crippen LogP contribution in [-0.2, 0) is 9.63 Å². The third-order valence-electron chi connectivity index (χ3n) is 6.24. The number of halogens is 4.